The zero-order valence-electron chi connectivity index (χ0n) is 18.3. The highest BCUT2D eigenvalue weighted by Gasteiger charge is 2.21. The van der Waals surface area contributed by atoms with Crippen molar-refractivity contribution in [3.8, 4) is 0 Å². The number of amides is 1. The molecule has 0 aliphatic carbocycles. The molecule has 0 unspecified atom stereocenters. The van der Waals surface area contributed by atoms with Crippen molar-refractivity contribution >= 4 is 46.7 Å². The van der Waals surface area contributed by atoms with Gasteiger partial charge in [-0.3, -0.25) is 14.7 Å². The number of piperazine rings is 1. The molecule has 2 aromatic rings. The second-order valence-electron chi connectivity index (χ2n) is 7.92. The van der Waals surface area contributed by atoms with E-state index in [0.717, 1.165) is 51.5 Å². The van der Waals surface area contributed by atoms with Crippen LogP contribution in [0.3, 0.4) is 0 Å². The highest BCUT2D eigenvalue weighted by Crippen LogP contribution is 2.18. The molecular weight excluding hydrogens is 491 g/mol. The molecule has 30 heavy (non-hydrogen) atoms. The fourth-order valence-electron chi connectivity index (χ4n) is 3.84. The molecule has 3 N–H and O–H groups in total. The average Bonchev–Trinajstić information content (AvgIpc) is 3.11. The van der Waals surface area contributed by atoms with Gasteiger partial charge in [-0.25, -0.2) is 0 Å². The summed E-state index contributed by atoms with van der Waals surface area (Å²) < 4.78 is 0. The number of carbonyl (C=O) groups is 1. The van der Waals surface area contributed by atoms with E-state index in [9.17, 15) is 4.79 Å². The Labute approximate surface area is 196 Å². The van der Waals surface area contributed by atoms with Crippen molar-refractivity contribution in [1.29, 1.82) is 0 Å². The number of para-hydroxylation sites is 1. The molecule has 0 bridgehead atoms. The van der Waals surface area contributed by atoms with Gasteiger partial charge in [-0.1, -0.05) is 18.2 Å². The quantitative estimate of drug-likeness (QED) is 0.224. The van der Waals surface area contributed by atoms with Crippen LogP contribution in [0.5, 0.6) is 0 Å². The summed E-state index contributed by atoms with van der Waals surface area (Å²) >= 11 is 0. The van der Waals surface area contributed by atoms with Gasteiger partial charge in [0, 0.05) is 62.9 Å². The number of aromatic nitrogens is 1. The minimum Gasteiger partial charge on any atom is -0.361 e. The topological polar surface area (TPSA) is 75.8 Å². The minimum absolute atomic E-state index is 0. The Bertz CT molecular complexity index is 826. The van der Waals surface area contributed by atoms with Gasteiger partial charge in [-0.05, 0) is 38.3 Å². The number of hydrogen-bond acceptors (Lipinski definition) is 3. The molecule has 1 amide bonds. The monoisotopic (exact) mass is 526 g/mol. The van der Waals surface area contributed by atoms with Crippen LogP contribution in [0.1, 0.15) is 25.8 Å². The van der Waals surface area contributed by atoms with Gasteiger partial charge >= 0.3 is 0 Å². The molecule has 0 spiro atoms. The van der Waals surface area contributed by atoms with E-state index in [-0.39, 0.29) is 35.9 Å². The number of hydrogen-bond donors (Lipinski definition) is 3. The summed E-state index contributed by atoms with van der Waals surface area (Å²) in [6.45, 7) is 8.87. The lowest BCUT2D eigenvalue weighted by Gasteiger charge is -2.36. The number of nitrogens with one attached hydrogen (secondary N) is 3. The lowest BCUT2D eigenvalue weighted by molar-refractivity contribution is -0.123. The largest absolute Gasteiger partial charge is 0.361 e. The third-order valence-electron chi connectivity index (χ3n) is 5.28. The van der Waals surface area contributed by atoms with Crippen LogP contribution in [0.15, 0.2) is 35.5 Å². The Morgan fingerprint density at radius 1 is 1.20 bits per heavy atom. The maximum Gasteiger partial charge on any atom is 0.234 e. The first-order valence-corrected chi connectivity index (χ1v) is 10.6. The van der Waals surface area contributed by atoms with Crippen LogP contribution >= 0.6 is 24.0 Å². The average molecular weight is 526 g/mol. The van der Waals surface area contributed by atoms with Gasteiger partial charge < -0.3 is 20.5 Å². The van der Waals surface area contributed by atoms with Crippen molar-refractivity contribution in [3.05, 3.63) is 36.0 Å². The van der Waals surface area contributed by atoms with Gasteiger partial charge in [0.1, 0.15) is 0 Å². The number of aliphatic imine (C=N–C) groups is 1. The van der Waals surface area contributed by atoms with E-state index in [1.807, 2.05) is 20.9 Å². The fraction of sp³-hybridized carbons (Fsp3) is 0.545. The molecule has 0 atom stereocenters. The summed E-state index contributed by atoms with van der Waals surface area (Å²) in [5.41, 5.74) is 2.57. The minimum atomic E-state index is 0. The number of aryl methyl sites for hydroxylation is 1. The van der Waals surface area contributed by atoms with Crippen LogP contribution in [-0.4, -0.2) is 79.0 Å². The Hall–Kier alpha value is -1.81. The number of aromatic amines is 1. The number of carbonyl (C=O) groups excluding carboxylic acids is 1. The number of nitrogens with zero attached hydrogens (tertiary/aromatic N) is 3. The molecule has 166 valence electrons. The Kier molecular flexibility index (Phi) is 9.90. The second kappa shape index (κ2) is 12.1. The first-order chi connectivity index (χ1) is 14.1. The van der Waals surface area contributed by atoms with Crippen LogP contribution in [0, 0.1) is 0 Å². The Balaban J connectivity index is 0.00000320. The van der Waals surface area contributed by atoms with E-state index in [1.54, 1.807) is 0 Å². The number of H-pyrrole nitrogens is 1. The second-order valence-corrected chi connectivity index (χ2v) is 7.92. The SMILES string of the molecule is CN=C(NCCCc1c[nH]c2ccccc12)N1CCN(CC(=O)NC(C)C)CC1.I. The molecule has 1 aliphatic rings. The van der Waals surface area contributed by atoms with E-state index in [0.29, 0.717) is 6.54 Å². The molecule has 2 heterocycles. The smallest absolute Gasteiger partial charge is 0.234 e. The fourth-order valence-corrected chi connectivity index (χ4v) is 3.84. The highest BCUT2D eigenvalue weighted by atomic mass is 127. The van der Waals surface area contributed by atoms with Gasteiger partial charge in [0.15, 0.2) is 5.96 Å². The number of benzene rings is 1. The summed E-state index contributed by atoms with van der Waals surface area (Å²) in [5.74, 6) is 1.06. The van der Waals surface area contributed by atoms with Crippen LogP contribution in [0.25, 0.3) is 10.9 Å². The molecule has 0 radical (unpaired) electrons. The number of fused-ring (bicyclic) bond motifs is 1. The summed E-state index contributed by atoms with van der Waals surface area (Å²) in [6, 6.07) is 8.63. The molecule has 1 aliphatic heterocycles. The molecule has 8 heteroatoms. The maximum atomic E-state index is 11.9. The third kappa shape index (κ3) is 6.87. The van der Waals surface area contributed by atoms with Crippen molar-refractivity contribution in [2.24, 2.45) is 4.99 Å². The molecule has 3 rings (SSSR count). The zero-order chi connectivity index (χ0) is 20.6. The van der Waals surface area contributed by atoms with Gasteiger partial charge in [-0.2, -0.15) is 0 Å². The summed E-state index contributed by atoms with van der Waals surface area (Å²) in [5, 5.41) is 7.77. The van der Waals surface area contributed by atoms with Crippen LogP contribution in [-0.2, 0) is 11.2 Å². The van der Waals surface area contributed by atoms with E-state index in [1.165, 1.54) is 16.5 Å². The van der Waals surface area contributed by atoms with Crippen molar-refractivity contribution in [1.82, 2.24) is 25.4 Å². The lowest BCUT2D eigenvalue weighted by atomic mass is 10.1. The highest BCUT2D eigenvalue weighted by molar-refractivity contribution is 14.0. The first kappa shape index (κ1) is 24.5. The standard InChI is InChI=1S/C22H34N6O.HI/c1-17(2)26-21(29)16-27-11-13-28(14-12-27)22(23-3)24-10-6-7-18-15-25-20-9-5-4-8-19(18)20;/h4-5,8-9,15,17,25H,6-7,10-14,16H2,1-3H3,(H,23,24)(H,26,29);1H. The molecule has 1 saturated heterocycles. The Morgan fingerprint density at radius 3 is 2.63 bits per heavy atom. The number of guanidine groups is 1. The molecule has 0 saturated carbocycles. The molecule has 1 aromatic carbocycles. The van der Waals surface area contributed by atoms with E-state index >= 15 is 0 Å². The Morgan fingerprint density at radius 2 is 1.93 bits per heavy atom. The molecule has 1 aromatic heterocycles. The summed E-state index contributed by atoms with van der Waals surface area (Å²) in [6.07, 6.45) is 4.21. The third-order valence-corrected chi connectivity index (χ3v) is 5.28. The predicted molar refractivity (Wildman–Crippen MR) is 135 cm³/mol. The lowest BCUT2D eigenvalue weighted by Crippen LogP contribution is -2.54. The predicted octanol–water partition coefficient (Wildman–Crippen LogP) is 2.44. The van der Waals surface area contributed by atoms with Crippen LogP contribution in [0.2, 0.25) is 0 Å². The van der Waals surface area contributed by atoms with E-state index in [2.05, 4.69) is 60.9 Å². The number of rotatable bonds is 7. The zero-order valence-corrected chi connectivity index (χ0v) is 20.6. The van der Waals surface area contributed by atoms with Gasteiger partial charge in [0.05, 0.1) is 6.54 Å². The molecule has 1 fully saturated rings. The van der Waals surface area contributed by atoms with Crippen LogP contribution in [0.4, 0.5) is 0 Å². The maximum absolute atomic E-state index is 11.9. The first-order valence-electron chi connectivity index (χ1n) is 10.6. The van der Waals surface area contributed by atoms with Gasteiger partial charge in [0.2, 0.25) is 5.91 Å². The molecular formula is C22H35IN6O. The van der Waals surface area contributed by atoms with Crippen LogP contribution < -0.4 is 10.6 Å². The van der Waals surface area contributed by atoms with Crippen molar-refractivity contribution < 1.29 is 4.79 Å². The summed E-state index contributed by atoms with van der Waals surface area (Å²) in [7, 11) is 1.84. The molecule has 7 nitrogen and oxygen atoms in total. The van der Waals surface area contributed by atoms with Gasteiger partial charge in [-0.15, -0.1) is 24.0 Å². The summed E-state index contributed by atoms with van der Waals surface area (Å²) in [4.78, 5) is 24.2. The normalized spacial score (nSPS) is 15.3. The number of halogens is 1. The van der Waals surface area contributed by atoms with Gasteiger partial charge in [0.25, 0.3) is 0 Å². The van der Waals surface area contributed by atoms with E-state index in [4.69, 9.17) is 0 Å². The van der Waals surface area contributed by atoms with E-state index < -0.39 is 0 Å². The van der Waals surface area contributed by atoms with Crippen molar-refractivity contribution in [2.75, 3.05) is 46.3 Å². The van der Waals surface area contributed by atoms with Crippen molar-refractivity contribution in [3.63, 3.8) is 0 Å². The van der Waals surface area contributed by atoms with Crippen molar-refractivity contribution in [2.45, 2.75) is 32.7 Å².